The highest BCUT2D eigenvalue weighted by Gasteiger charge is 2.28. The standard InChI is InChI=1S/C14H19Cl2NO2S/c1-2-17(10-11-4-3-5-11)20(18,19)13-7-6-12(9-15)14(16)8-13/h6-8,11H,2-5,9-10H2,1H3. The van der Waals surface area contributed by atoms with Crippen LogP contribution in [0.1, 0.15) is 31.7 Å². The van der Waals surface area contributed by atoms with Gasteiger partial charge in [0.05, 0.1) is 4.90 Å². The van der Waals surface area contributed by atoms with Gasteiger partial charge in [-0.2, -0.15) is 4.31 Å². The average molecular weight is 336 g/mol. The fourth-order valence-electron chi connectivity index (χ4n) is 2.31. The van der Waals surface area contributed by atoms with Crippen LogP contribution in [0.15, 0.2) is 23.1 Å². The van der Waals surface area contributed by atoms with Gasteiger partial charge in [0.15, 0.2) is 0 Å². The van der Waals surface area contributed by atoms with Crippen molar-refractivity contribution in [1.82, 2.24) is 4.31 Å². The summed E-state index contributed by atoms with van der Waals surface area (Å²) in [5.41, 5.74) is 0.745. The van der Waals surface area contributed by atoms with Crippen LogP contribution < -0.4 is 0 Å². The van der Waals surface area contributed by atoms with E-state index in [1.165, 1.54) is 12.5 Å². The van der Waals surface area contributed by atoms with Crippen LogP contribution in [0.5, 0.6) is 0 Å². The first-order chi connectivity index (χ1) is 9.48. The van der Waals surface area contributed by atoms with Gasteiger partial charge in [0, 0.05) is 24.0 Å². The van der Waals surface area contributed by atoms with Crippen LogP contribution in [0, 0.1) is 5.92 Å². The molecule has 1 aromatic carbocycles. The van der Waals surface area contributed by atoms with E-state index in [0.717, 1.165) is 18.4 Å². The van der Waals surface area contributed by atoms with Gasteiger partial charge < -0.3 is 0 Å². The van der Waals surface area contributed by atoms with Crippen molar-refractivity contribution in [3.63, 3.8) is 0 Å². The number of sulfonamides is 1. The van der Waals surface area contributed by atoms with Gasteiger partial charge in [0.1, 0.15) is 0 Å². The molecule has 0 bridgehead atoms. The predicted octanol–water partition coefficient (Wildman–Crippen LogP) is 3.89. The molecule has 0 aliphatic heterocycles. The summed E-state index contributed by atoms with van der Waals surface area (Å²) >= 11 is 11.8. The summed E-state index contributed by atoms with van der Waals surface area (Å²) in [6.07, 6.45) is 3.45. The summed E-state index contributed by atoms with van der Waals surface area (Å²) in [5, 5.41) is 0.403. The smallest absolute Gasteiger partial charge is 0.207 e. The molecular formula is C14H19Cl2NO2S. The molecule has 0 heterocycles. The largest absolute Gasteiger partial charge is 0.243 e. The maximum Gasteiger partial charge on any atom is 0.243 e. The zero-order valence-corrected chi connectivity index (χ0v) is 13.8. The van der Waals surface area contributed by atoms with Gasteiger partial charge in [0.2, 0.25) is 10.0 Å². The Kier molecular flexibility index (Phi) is 5.35. The van der Waals surface area contributed by atoms with E-state index in [0.29, 0.717) is 24.0 Å². The minimum Gasteiger partial charge on any atom is -0.207 e. The lowest BCUT2D eigenvalue weighted by atomic mass is 9.85. The zero-order valence-electron chi connectivity index (χ0n) is 11.5. The summed E-state index contributed by atoms with van der Waals surface area (Å²) < 4.78 is 26.8. The number of alkyl halides is 1. The van der Waals surface area contributed by atoms with Crippen LogP contribution in [-0.2, 0) is 15.9 Å². The zero-order chi connectivity index (χ0) is 14.8. The van der Waals surface area contributed by atoms with Crippen LogP contribution in [0.2, 0.25) is 5.02 Å². The van der Waals surface area contributed by atoms with Gasteiger partial charge in [0.25, 0.3) is 0 Å². The molecule has 1 fully saturated rings. The Morgan fingerprint density at radius 3 is 2.50 bits per heavy atom. The van der Waals surface area contributed by atoms with Gasteiger partial charge in [-0.3, -0.25) is 0 Å². The molecule has 20 heavy (non-hydrogen) atoms. The molecule has 0 saturated heterocycles. The van der Waals surface area contributed by atoms with Crippen LogP contribution in [0.25, 0.3) is 0 Å². The molecule has 0 unspecified atom stereocenters. The van der Waals surface area contributed by atoms with Crippen molar-refractivity contribution < 1.29 is 8.42 Å². The second kappa shape index (κ2) is 6.65. The second-order valence-electron chi connectivity index (χ2n) is 5.14. The van der Waals surface area contributed by atoms with E-state index in [4.69, 9.17) is 23.2 Å². The third-order valence-electron chi connectivity index (χ3n) is 3.85. The van der Waals surface area contributed by atoms with Gasteiger partial charge in [-0.25, -0.2) is 8.42 Å². The molecule has 3 nitrogen and oxygen atoms in total. The quantitative estimate of drug-likeness (QED) is 0.739. The number of rotatable bonds is 6. The Bertz CT molecular complexity index is 571. The van der Waals surface area contributed by atoms with E-state index in [9.17, 15) is 8.42 Å². The molecule has 0 amide bonds. The lowest BCUT2D eigenvalue weighted by Gasteiger charge is -2.31. The first kappa shape index (κ1) is 16.1. The topological polar surface area (TPSA) is 37.4 Å². The van der Waals surface area contributed by atoms with Crippen molar-refractivity contribution >= 4 is 33.2 Å². The second-order valence-corrected chi connectivity index (χ2v) is 7.75. The van der Waals surface area contributed by atoms with E-state index in [1.54, 1.807) is 16.4 Å². The van der Waals surface area contributed by atoms with E-state index in [2.05, 4.69) is 0 Å². The molecule has 1 aliphatic rings. The van der Waals surface area contributed by atoms with Crippen molar-refractivity contribution in [2.24, 2.45) is 5.92 Å². The van der Waals surface area contributed by atoms with E-state index >= 15 is 0 Å². The predicted molar refractivity (Wildman–Crippen MR) is 82.8 cm³/mol. The van der Waals surface area contributed by atoms with Crippen molar-refractivity contribution in [3.8, 4) is 0 Å². The normalized spacial score (nSPS) is 16.4. The fourth-order valence-corrected chi connectivity index (χ4v) is 4.47. The number of nitrogens with zero attached hydrogens (tertiary/aromatic N) is 1. The molecule has 0 N–H and O–H groups in total. The van der Waals surface area contributed by atoms with Crippen LogP contribution in [-0.4, -0.2) is 25.8 Å². The molecular weight excluding hydrogens is 317 g/mol. The summed E-state index contributed by atoms with van der Waals surface area (Å²) in [7, 11) is -3.46. The summed E-state index contributed by atoms with van der Waals surface area (Å²) in [6.45, 7) is 2.95. The van der Waals surface area contributed by atoms with E-state index in [-0.39, 0.29) is 10.8 Å². The molecule has 112 valence electrons. The maximum atomic E-state index is 12.6. The highest BCUT2D eigenvalue weighted by Crippen LogP contribution is 2.30. The molecule has 1 saturated carbocycles. The average Bonchev–Trinajstić information content (AvgIpc) is 2.37. The number of hydrogen-bond donors (Lipinski definition) is 0. The Morgan fingerprint density at radius 1 is 1.35 bits per heavy atom. The van der Waals surface area contributed by atoms with Gasteiger partial charge in [-0.15, -0.1) is 11.6 Å². The Balaban J connectivity index is 2.24. The molecule has 6 heteroatoms. The van der Waals surface area contributed by atoms with Gasteiger partial charge in [-0.1, -0.05) is 31.0 Å². The van der Waals surface area contributed by atoms with Crippen LogP contribution >= 0.6 is 23.2 Å². The first-order valence-electron chi connectivity index (χ1n) is 6.83. The minimum absolute atomic E-state index is 0.248. The fraction of sp³-hybridized carbons (Fsp3) is 0.571. The van der Waals surface area contributed by atoms with E-state index < -0.39 is 10.0 Å². The Labute approximate surface area is 130 Å². The Hall–Kier alpha value is -0.290. The number of benzene rings is 1. The Morgan fingerprint density at radius 2 is 2.05 bits per heavy atom. The minimum atomic E-state index is -3.46. The highest BCUT2D eigenvalue weighted by atomic mass is 35.5. The highest BCUT2D eigenvalue weighted by molar-refractivity contribution is 7.89. The molecule has 0 radical (unpaired) electrons. The lowest BCUT2D eigenvalue weighted by Crippen LogP contribution is -2.37. The van der Waals surface area contributed by atoms with Gasteiger partial charge >= 0.3 is 0 Å². The van der Waals surface area contributed by atoms with Crippen LogP contribution in [0.4, 0.5) is 0 Å². The molecule has 0 aromatic heterocycles. The number of hydrogen-bond acceptors (Lipinski definition) is 2. The van der Waals surface area contributed by atoms with E-state index in [1.807, 2.05) is 6.92 Å². The molecule has 0 atom stereocenters. The maximum absolute atomic E-state index is 12.6. The monoisotopic (exact) mass is 335 g/mol. The summed E-state index contributed by atoms with van der Waals surface area (Å²) in [6, 6.07) is 4.76. The molecule has 1 aliphatic carbocycles. The molecule has 0 spiro atoms. The van der Waals surface area contributed by atoms with Crippen LogP contribution in [0.3, 0.4) is 0 Å². The van der Waals surface area contributed by atoms with Crippen molar-refractivity contribution in [1.29, 1.82) is 0 Å². The molecule has 2 rings (SSSR count). The number of halogens is 2. The van der Waals surface area contributed by atoms with Crippen molar-refractivity contribution in [3.05, 3.63) is 28.8 Å². The molecule has 1 aromatic rings. The van der Waals surface area contributed by atoms with Crippen molar-refractivity contribution in [2.45, 2.75) is 37.0 Å². The van der Waals surface area contributed by atoms with Crippen molar-refractivity contribution in [2.75, 3.05) is 13.1 Å². The third kappa shape index (κ3) is 3.30. The third-order valence-corrected chi connectivity index (χ3v) is 6.42. The summed E-state index contributed by atoms with van der Waals surface area (Å²) in [5.74, 6) is 0.779. The lowest BCUT2D eigenvalue weighted by molar-refractivity contribution is 0.250. The SMILES string of the molecule is CCN(CC1CCC1)S(=O)(=O)c1ccc(CCl)c(Cl)c1. The summed E-state index contributed by atoms with van der Waals surface area (Å²) in [4.78, 5) is 0.248. The first-order valence-corrected chi connectivity index (χ1v) is 9.18. The van der Waals surface area contributed by atoms with Gasteiger partial charge in [-0.05, 0) is 36.5 Å².